The highest BCUT2D eigenvalue weighted by Crippen LogP contribution is 2.29. The molecule has 0 spiro atoms. The van der Waals surface area contributed by atoms with E-state index >= 15 is 0 Å². The summed E-state index contributed by atoms with van der Waals surface area (Å²) in [7, 11) is 0. The zero-order valence-corrected chi connectivity index (χ0v) is 6.79. The number of aliphatic hydroxyl groups is 4. The molecule has 13 heavy (non-hydrogen) atoms. The largest absolute Gasteiger partial charge is 0.479 e. The standard InChI is InChI=1S/C7H12O6/c8-3-1-7(13,6(11)12)2-4(9)5(3)10/h3-5,8-10,13H,1-2H2,(H,11,12)/t3-,4?,5-,7?/m1/s1. The van der Waals surface area contributed by atoms with Crippen LogP contribution in [0, 0.1) is 0 Å². The van der Waals surface area contributed by atoms with Crippen molar-refractivity contribution in [2.24, 2.45) is 0 Å². The highest BCUT2D eigenvalue weighted by atomic mass is 16.4. The molecule has 0 saturated heterocycles. The summed E-state index contributed by atoms with van der Waals surface area (Å²) in [6.07, 6.45) is -5.16. The maximum atomic E-state index is 10.5. The van der Waals surface area contributed by atoms with E-state index in [1.54, 1.807) is 0 Å². The fourth-order valence-electron chi connectivity index (χ4n) is 1.45. The van der Waals surface area contributed by atoms with Crippen LogP contribution in [0.1, 0.15) is 12.8 Å². The van der Waals surface area contributed by atoms with E-state index in [-0.39, 0.29) is 0 Å². The Kier molecular flexibility index (Phi) is 2.58. The minimum absolute atomic E-state index is 0.472. The van der Waals surface area contributed by atoms with Gasteiger partial charge in [-0.15, -0.1) is 0 Å². The zero-order valence-electron chi connectivity index (χ0n) is 6.79. The Bertz CT molecular complexity index is 203. The van der Waals surface area contributed by atoms with E-state index in [0.29, 0.717) is 0 Å². The normalized spacial score (nSPS) is 46.0. The Morgan fingerprint density at radius 3 is 1.85 bits per heavy atom. The van der Waals surface area contributed by atoms with Gasteiger partial charge in [0.15, 0.2) is 5.60 Å². The summed E-state index contributed by atoms with van der Waals surface area (Å²) in [6.45, 7) is 0. The van der Waals surface area contributed by atoms with Crippen molar-refractivity contribution < 1.29 is 30.3 Å². The number of carbonyl (C=O) groups is 1. The van der Waals surface area contributed by atoms with Crippen molar-refractivity contribution in [1.29, 1.82) is 0 Å². The molecule has 6 heteroatoms. The lowest BCUT2D eigenvalue weighted by atomic mass is 9.80. The maximum Gasteiger partial charge on any atom is 0.335 e. The van der Waals surface area contributed by atoms with Gasteiger partial charge >= 0.3 is 5.97 Å². The third-order valence-corrected chi connectivity index (χ3v) is 2.28. The Labute approximate surface area is 74.1 Å². The highest BCUT2D eigenvalue weighted by molar-refractivity contribution is 5.77. The van der Waals surface area contributed by atoms with E-state index in [9.17, 15) is 9.90 Å². The summed E-state index contributed by atoms with van der Waals surface area (Å²) >= 11 is 0. The smallest absolute Gasteiger partial charge is 0.335 e. The second kappa shape index (κ2) is 3.22. The molecule has 5 N–H and O–H groups in total. The Hall–Kier alpha value is -0.690. The quantitative estimate of drug-likeness (QED) is 0.318. The van der Waals surface area contributed by atoms with Gasteiger partial charge in [0.05, 0.1) is 12.2 Å². The number of rotatable bonds is 1. The molecular formula is C7H12O6. The van der Waals surface area contributed by atoms with Gasteiger partial charge in [0.25, 0.3) is 0 Å². The minimum Gasteiger partial charge on any atom is -0.479 e. The Morgan fingerprint density at radius 1 is 1.15 bits per heavy atom. The summed E-state index contributed by atoms with van der Waals surface area (Å²) in [5.41, 5.74) is -2.14. The van der Waals surface area contributed by atoms with Crippen molar-refractivity contribution in [3.8, 4) is 0 Å². The van der Waals surface area contributed by atoms with Gasteiger partial charge in [-0.1, -0.05) is 0 Å². The zero-order chi connectivity index (χ0) is 10.2. The number of hydrogen-bond donors (Lipinski definition) is 5. The topological polar surface area (TPSA) is 118 Å². The lowest BCUT2D eigenvalue weighted by Crippen LogP contribution is -2.56. The Morgan fingerprint density at radius 2 is 1.54 bits per heavy atom. The van der Waals surface area contributed by atoms with Crippen molar-refractivity contribution in [1.82, 2.24) is 0 Å². The molecule has 0 heterocycles. The predicted molar refractivity (Wildman–Crippen MR) is 39.8 cm³/mol. The highest BCUT2D eigenvalue weighted by Gasteiger charge is 2.48. The number of carboxylic acid groups (broad SMARTS) is 1. The summed E-state index contributed by atoms with van der Waals surface area (Å²) in [6, 6.07) is 0. The van der Waals surface area contributed by atoms with Crippen LogP contribution in [0.5, 0.6) is 0 Å². The maximum absolute atomic E-state index is 10.5. The molecule has 4 atom stereocenters. The third-order valence-electron chi connectivity index (χ3n) is 2.28. The first-order chi connectivity index (χ1) is 5.87. The lowest BCUT2D eigenvalue weighted by Gasteiger charge is -2.37. The third kappa shape index (κ3) is 1.80. The van der Waals surface area contributed by atoms with Crippen molar-refractivity contribution in [3.63, 3.8) is 0 Å². The van der Waals surface area contributed by atoms with Gasteiger partial charge in [-0.2, -0.15) is 0 Å². The van der Waals surface area contributed by atoms with Crippen LogP contribution in [0.3, 0.4) is 0 Å². The fourth-order valence-corrected chi connectivity index (χ4v) is 1.45. The molecule has 0 aromatic heterocycles. The van der Waals surface area contributed by atoms with Crippen molar-refractivity contribution in [2.75, 3.05) is 0 Å². The van der Waals surface area contributed by atoms with Gasteiger partial charge in [-0.05, 0) is 0 Å². The molecule has 2 unspecified atom stereocenters. The van der Waals surface area contributed by atoms with E-state index in [2.05, 4.69) is 0 Å². The van der Waals surface area contributed by atoms with E-state index in [1.165, 1.54) is 0 Å². The molecule has 0 radical (unpaired) electrons. The number of aliphatic carboxylic acids is 1. The molecule has 0 aliphatic heterocycles. The van der Waals surface area contributed by atoms with Gasteiger partial charge < -0.3 is 25.5 Å². The molecule has 1 aliphatic carbocycles. The minimum atomic E-state index is -2.14. The summed E-state index contributed by atoms with van der Waals surface area (Å²) in [5, 5.41) is 45.2. The van der Waals surface area contributed by atoms with Crippen molar-refractivity contribution >= 4 is 5.97 Å². The predicted octanol–water partition coefficient (Wildman–Crippen LogP) is -2.32. The van der Waals surface area contributed by atoms with Gasteiger partial charge in [0.1, 0.15) is 6.10 Å². The monoisotopic (exact) mass is 192 g/mol. The number of aliphatic hydroxyl groups excluding tert-OH is 3. The van der Waals surface area contributed by atoms with Gasteiger partial charge in [0.2, 0.25) is 0 Å². The second-order valence-electron chi connectivity index (χ2n) is 3.37. The van der Waals surface area contributed by atoms with Crippen LogP contribution >= 0.6 is 0 Å². The van der Waals surface area contributed by atoms with Crippen LogP contribution in [0.4, 0.5) is 0 Å². The van der Waals surface area contributed by atoms with Crippen LogP contribution < -0.4 is 0 Å². The summed E-state index contributed by atoms with van der Waals surface area (Å²) in [5.74, 6) is -1.50. The lowest BCUT2D eigenvalue weighted by molar-refractivity contribution is -0.187. The average Bonchev–Trinajstić information content (AvgIpc) is 2.00. The van der Waals surface area contributed by atoms with Gasteiger partial charge in [-0.3, -0.25) is 0 Å². The van der Waals surface area contributed by atoms with Crippen LogP contribution in [-0.4, -0.2) is 55.4 Å². The van der Waals surface area contributed by atoms with Crippen LogP contribution in [0.15, 0.2) is 0 Å². The van der Waals surface area contributed by atoms with Crippen molar-refractivity contribution in [2.45, 2.75) is 36.8 Å². The number of hydrogen-bond acceptors (Lipinski definition) is 5. The average molecular weight is 192 g/mol. The first-order valence-electron chi connectivity index (χ1n) is 3.87. The van der Waals surface area contributed by atoms with E-state index in [4.69, 9.17) is 20.4 Å². The molecule has 1 aliphatic rings. The molecule has 0 aromatic rings. The first-order valence-corrected chi connectivity index (χ1v) is 3.87. The van der Waals surface area contributed by atoms with Crippen LogP contribution in [-0.2, 0) is 4.79 Å². The summed E-state index contributed by atoms with van der Waals surface area (Å²) < 4.78 is 0. The van der Waals surface area contributed by atoms with Crippen molar-refractivity contribution in [3.05, 3.63) is 0 Å². The molecule has 0 aromatic carbocycles. The fraction of sp³-hybridized carbons (Fsp3) is 0.857. The molecule has 1 rings (SSSR count). The van der Waals surface area contributed by atoms with Crippen LogP contribution in [0.25, 0.3) is 0 Å². The molecule has 0 bridgehead atoms. The first kappa shape index (κ1) is 10.4. The van der Waals surface area contributed by atoms with Gasteiger partial charge in [0, 0.05) is 12.8 Å². The molecule has 0 amide bonds. The van der Waals surface area contributed by atoms with E-state index in [1.807, 2.05) is 0 Å². The SMILES string of the molecule is O=C(O)C1(O)CC(O)[C@H](O)[C@H](O)C1. The molecule has 1 saturated carbocycles. The van der Waals surface area contributed by atoms with E-state index < -0.39 is 42.7 Å². The van der Waals surface area contributed by atoms with Gasteiger partial charge in [-0.25, -0.2) is 4.79 Å². The molecule has 76 valence electrons. The molecule has 6 nitrogen and oxygen atoms in total. The van der Waals surface area contributed by atoms with E-state index in [0.717, 1.165) is 0 Å². The molecular weight excluding hydrogens is 180 g/mol. The number of carboxylic acids is 1. The summed E-state index contributed by atoms with van der Waals surface area (Å²) in [4.78, 5) is 10.5. The van der Waals surface area contributed by atoms with Crippen LogP contribution in [0.2, 0.25) is 0 Å². The molecule has 1 fully saturated rings. The Balaban J connectivity index is 2.79. The second-order valence-corrected chi connectivity index (χ2v) is 3.37.